The predicted octanol–water partition coefficient (Wildman–Crippen LogP) is 2.96. The van der Waals surface area contributed by atoms with Crippen molar-refractivity contribution in [3.05, 3.63) is 51.6 Å². The van der Waals surface area contributed by atoms with Gasteiger partial charge in [0.25, 0.3) is 11.5 Å². The minimum Gasteiger partial charge on any atom is -0.505 e. The molecule has 0 fully saturated rings. The molecule has 0 aliphatic carbocycles. The van der Waals surface area contributed by atoms with Crippen LogP contribution in [0.4, 0.5) is 5.69 Å². The van der Waals surface area contributed by atoms with E-state index < -0.39 is 11.5 Å². The first-order valence-corrected chi connectivity index (χ1v) is 8.24. The number of pyridine rings is 1. The maximum atomic E-state index is 12.5. The van der Waals surface area contributed by atoms with E-state index in [0.29, 0.717) is 28.3 Å². The van der Waals surface area contributed by atoms with Crippen LogP contribution in [0.3, 0.4) is 0 Å². The highest BCUT2D eigenvalue weighted by molar-refractivity contribution is 7.17. The molecule has 1 amide bonds. The smallest absolute Gasteiger partial charge is 0.267 e. The molecule has 0 atom stereocenters. The van der Waals surface area contributed by atoms with Gasteiger partial charge in [-0.05, 0) is 42.6 Å². The average Bonchev–Trinajstić information content (AvgIpc) is 3.05. The van der Waals surface area contributed by atoms with Crippen molar-refractivity contribution in [3.63, 3.8) is 0 Å². The molecule has 0 aliphatic heterocycles. The molecule has 2 aromatic heterocycles. The molecule has 0 saturated carbocycles. The predicted molar refractivity (Wildman–Crippen MR) is 94.3 cm³/mol. The normalized spacial score (nSPS) is 10.8. The maximum absolute atomic E-state index is 12.5. The fraction of sp³-hybridized carbons (Fsp3) is 0.176. The molecular weight excluding hydrogens is 328 g/mol. The minimum absolute atomic E-state index is 0.263. The molecule has 3 rings (SSSR count). The minimum atomic E-state index is -0.646. The molecule has 2 N–H and O–H groups in total. The fourth-order valence-corrected chi connectivity index (χ4v) is 3.31. The van der Waals surface area contributed by atoms with Gasteiger partial charge in [-0.3, -0.25) is 9.59 Å². The SMILES string of the molecule is CCOc1ccc(NC(=O)c2c(O)c3sccc3n(C)c2=O)cc1. The summed E-state index contributed by atoms with van der Waals surface area (Å²) in [4.78, 5) is 24.9. The summed E-state index contributed by atoms with van der Waals surface area (Å²) in [5, 5.41) is 14.7. The van der Waals surface area contributed by atoms with E-state index in [1.165, 1.54) is 15.9 Å². The second kappa shape index (κ2) is 6.37. The van der Waals surface area contributed by atoms with Gasteiger partial charge < -0.3 is 19.7 Å². The molecule has 24 heavy (non-hydrogen) atoms. The van der Waals surface area contributed by atoms with Crippen molar-refractivity contribution >= 4 is 33.1 Å². The number of ether oxygens (including phenoxy) is 1. The Balaban J connectivity index is 1.95. The zero-order valence-electron chi connectivity index (χ0n) is 13.2. The van der Waals surface area contributed by atoms with E-state index in [1.54, 1.807) is 42.8 Å². The number of anilines is 1. The topological polar surface area (TPSA) is 80.6 Å². The van der Waals surface area contributed by atoms with Gasteiger partial charge in [0, 0.05) is 12.7 Å². The molecular formula is C17H16N2O4S. The van der Waals surface area contributed by atoms with Crippen molar-refractivity contribution in [2.75, 3.05) is 11.9 Å². The summed E-state index contributed by atoms with van der Waals surface area (Å²) < 4.78 is 7.21. The van der Waals surface area contributed by atoms with E-state index in [2.05, 4.69) is 5.32 Å². The number of thiophene rings is 1. The van der Waals surface area contributed by atoms with E-state index in [9.17, 15) is 14.7 Å². The number of fused-ring (bicyclic) bond motifs is 1. The zero-order valence-corrected chi connectivity index (χ0v) is 14.0. The molecule has 0 saturated heterocycles. The average molecular weight is 344 g/mol. The Hall–Kier alpha value is -2.80. The molecule has 7 heteroatoms. The lowest BCUT2D eigenvalue weighted by atomic mass is 10.2. The van der Waals surface area contributed by atoms with Crippen molar-refractivity contribution in [1.29, 1.82) is 0 Å². The summed E-state index contributed by atoms with van der Waals surface area (Å²) in [6, 6.07) is 8.52. The van der Waals surface area contributed by atoms with Crippen LogP contribution in [0.25, 0.3) is 10.2 Å². The number of carbonyl (C=O) groups excluding carboxylic acids is 1. The largest absolute Gasteiger partial charge is 0.505 e. The van der Waals surface area contributed by atoms with Crippen molar-refractivity contribution in [2.45, 2.75) is 6.92 Å². The molecule has 3 aromatic rings. The number of nitrogens with one attached hydrogen (secondary N) is 1. The Labute approximate surface area is 141 Å². The zero-order chi connectivity index (χ0) is 17.3. The first-order chi connectivity index (χ1) is 11.5. The molecule has 124 valence electrons. The number of hydrogen-bond donors (Lipinski definition) is 2. The Morgan fingerprint density at radius 2 is 2.00 bits per heavy atom. The van der Waals surface area contributed by atoms with Crippen LogP contribution in [0.5, 0.6) is 11.5 Å². The second-order valence-electron chi connectivity index (χ2n) is 5.13. The number of aryl methyl sites for hydroxylation is 1. The molecule has 0 aliphatic rings. The highest BCUT2D eigenvalue weighted by Gasteiger charge is 2.21. The van der Waals surface area contributed by atoms with Gasteiger partial charge in [-0.25, -0.2) is 0 Å². The standard InChI is InChI=1S/C17H16N2O4S/c1-3-23-11-6-4-10(5-7-11)18-16(21)13-14(20)15-12(8-9-24-15)19(2)17(13)22/h4-9,20H,3H2,1-2H3,(H,18,21). The number of carbonyl (C=O) groups is 1. The van der Waals surface area contributed by atoms with E-state index in [4.69, 9.17) is 4.74 Å². The number of aromatic nitrogens is 1. The van der Waals surface area contributed by atoms with Gasteiger partial charge in [0.15, 0.2) is 5.75 Å². The fourth-order valence-electron chi connectivity index (χ4n) is 2.44. The van der Waals surface area contributed by atoms with E-state index in [1.807, 2.05) is 6.92 Å². The molecule has 0 bridgehead atoms. The Bertz CT molecular complexity index is 957. The van der Waals surface area contributed by atoms with Crippen LogP contribution in [0.2, 0.25) is 0 Å². The van der Waals surface area contributed by atoms with E-state index in [0.717, 1.165) is 0 Å². The number of hydrogen-bond acceptors (Lipinski definition) is 5. The van der Waals surface area contributed by atoms with Gasteiger partial charge in [-0.15, -0.1) is 11.3 Å². The van der Waals surface area contributed by atoms with Crippen molar-refractivity contribution in [2.24, 2.45) is 7.05 Å². The number of rotatable bonds is 4. The number of aromatic hydroxyl groups is 1. The summed E-state index contributed by atoms with van der Waals surface area (Å²) in [6.07, 6.45) is 0. The van der Waals surface area contributed by atoms with Crippen molar-refractivity contribution in [3.8, 4) is 11.5 Å². The summed E-state index contributed by atoms with van der Waals surface area (Å²) >= 11 is 1.28. The van der Waals surface area contributed by atoms with Crippen LogP contribution >= 0.6 is 11.3 Å². The highest BCUT2D eigenvalue weighted by Crippen LogP contribution is 2.31. The van der Waals surface area contributed by atoms with Crippen LogP contribution in [0.1, 0.15) is 17.3 Å². The maximum Gasteiger partial charge on any atom is 0.267 e. The van der Waals surface area contributed by atoms with Gasteiger partial charge in [-0.1, -0.05) is 0 Å². The van der Waals surface area contributed by atoms with Gasteiger partial charge in [0.1, 0.15) is 11.3 Å². The Kier molecular flexibility index (Phi) is 4.26. The van der Waals surface area contributed by atoms with Crippen LogP contribution in [-0.2, 0) is 7.05 Å². The Morgan fingerprint density at radius 1 is 1.29 bits per heavy atom. The summed E-state index contributed by atoms with van der Waals surface area (Å²) in [5.41, 5.74) is 0.305. The van der Waals surface area contributed by atoms with E-state index >= 15 is 0 Å². The van der Waals surface area contributed by atoms with Gasteiger partial charge in [0.05, 0.1) is 16.8 Å². The van der Waals surface area contributed by atoms with Crippen molar-refractivity contribution in [1.82, 2.24) is 4.57 Å². The second-order valence-corrected chi connectivity index (χ2v) is 6.05. The third-order valence-corrected chi connectivity index (χ3v) is 4.54. The summed E-state index contributed by atoms with van der Waals surface area (Å²) in [7, 11) is 1.57. The van der Waals surface area contributed by atoms with Crippen LogP contribution < -0.4 is 15.6 Å². The molecule has 0 unspecified atom stereocenters. The summed E-state index contributed by atoms with van der Waals surface area (Å²) in [6.45, 7) is 2.44. The third-order valence-electron chi connectivity index (χ3n) is 3.63. The molecule has 0 radical (unpaired) electrons. The number of benzene rings is 1. The molecule has 2 heterocycles. The van der Waals surface area contributed by atoms with E-state index in [-0.39, 0.29) is 11.3 Å². The van der Waals surface area contributed by atoms with Gasteiger partial charge in [-0.2, -0.15) is 0 Å². The first kappa shape index (κ1) is 16.1. The van der Waals surface area contributed by atoms with Gasteiger partial charge in [0.2, 0.25) is 0 Å². The Morgan fingerprint density at radius 3 is 2.67 bits per heavy atom. The highest BCUT2D eigenvalue weighted by atomic mass is 32.1. The van der Waals surface area contributed by atoms with Crippen LogP contribution in [-0.4, -0.2) is 22.2 Å². The first-order valence-electron chi connectivity index (χ1n) is 7.36. The number of nitrogens with zero attached hydrogens (tertiary/aromatic N) is 1. The molecule has 6 nitrogen and oxygen atoms in total. The number of amides is 1. The van der Waals surface area contributed by atoms with Crippen LogP contribution in [0, 0.1) is 0 Å². The quantitative estimate of drug-likeness (QED) is 0.762. The van der Waals surface area contributed by atoms with Crippen molar-refractivity contribution < 1.29 is 14.6 Å². The lowest BCUT2D eigenvalue weighted by Crippen LogP contribution is -2.27. The molecule has 0 spiro atoms. The van der Waals surface area contributed by atoms with Crippen LogP contribution in [0.15, 0.2) is 40.5 Å². The summed E-state index contributed by atoms with van der Waals surface area (Å²) in [5.74, 6) is -0.242. The monoisotopic (exact) mass is 344 g/mol. The van der Waals surface area contributed by atoms with Gasteiger partial charge >= 0.3 is 0 Å². The lowest BCUT2D eigenvalue weighted by molar-refractivity contribution is 0.102. The lowest BCUT2D eigenvalue weighted by Gasteiger charge is -2.10. The molecule has 1 aromatic carbocycles. The third kappa shape index (κ3) is 2.74.